The third-order valence-corrected chi connectivity index (χ3v) is 14.1. The predicted octanol–water partition coefficient (Wildman–Crippen LogP) is 10.4. The van der Waals surface area contributed by atoms with Crippen LogP contribution in [-0.2, 0) is 25.5 Å². The highest BCUT2D eigenvalue weighted by Gasteiger charge is 2.30. The van der Waals surface area contributed by atoms with Gasteiger partial charge in [0.05, 0.1) is 59.9 Å². The van der Waals surface area contributed by atoms with Crippen molar-refractivity contribution in [1.29, 1.82) is 0 Å². The number of benzene rings is 2. The molecular weight excluding hydrogens is 962 g/mol. The van der Waals surface area contributed by atoms with Crippen LogP contribution < -0.4 is 9.80 Å². The molecule has 2 aromatic carbocycles. The van der Waals surface area contributed by atoms with Crippen LogP contribution in [0.15, 0.2) is 83.1 Å². The molecule has 0 atom stereocenters. The first-order valence-electron chi connectivity index (χ1n) is 21.1. The van der Waals surface area contributed by atoms with Gasteiger partial charge < -0.3 is 24.2 Å². The summed E-state index contributed by atoms with van der Waals surface area (Å²) in [5.74, 6) is -0.914. The number of carbonyl (C=O) groups is 5. The lowest BCUT2D eigenvalue weighted by Gasteiger charge is -2.21. The van der Waals surface area contributed by atoms with Gasteiger partial charge in [-0.25, -0.2) is 4.79 Å². The maximum Gasteiger partial charge on any atom is 0.348 e. The Morgan fingerprint density at radius 3 is 1.63 bits per heavy atom. The second-order valence-corrected chi connectivity index (χ2v) is 17.6. The Hall–Kier alpha value is -5.77. The molecule has 356 valence electrons. The van der Waals surface area contributed by atoms with Gasteiger partial charge in [0.2, 0.25) is 0 Å². The normalized spacial score (nSPS) is 12.5. The van der Waals surface area contributed by atoms with Crippen molar-refractivity contribution in [3.63, 3.8) is 0 Å². The number of nitrogens with zero attached hydrogens (tertiary/aromatic N) is 5. The highest BCUT2D eigenvalue weighted by molar-refractivity contribution is 7.81. The maximum atomic E-state index is 13.1. The van der Waals surface area contributed by atoms with Crippen molar-refractivity contribution in [3.8, 4) is 9.75 Å². The molecule has 5 aromatic rings. The molecule has 5 heterocycles. The van der Waals surface area contributed by atoms with Crippen molar-refractivity contribution >= 4 is 116 Å². The van der Waals surface area contributed by atoms with Crippen LogP contribution in [0.3, 0.4) is 0 Å². The van der Waals surface area contributed by atoms with Gasteiger partial charge in [-0.15, -0.1) is 34.0 Å². The van der Waals surface area contributed by atoms with E-state index in [-0.39, 0.29) is 40.9 Å². The first-order valence-corrected chi connectivity index (χ1v) is 24.7. The molecule has 2 amide bonds. The van der Waals surface area contributed by atoms with E-state index in [0.29, 0.717) is 82.6 Å². The van der Waals surface area contributed by atoms with Gasteiger partial charge in [0.25, 0.3) is 23.2 Å². The highest BCUT2D eigenvalue weighted by atomic mass is 35.5. The van der Waals surface area contributed by atoms with Gasteiger partial charge in [-0.05, 0) is 105 Å². The smallest absolute Gasteiger partial charge is 0.348 e. The molecule has 0 spiro atoms. The number of fused-ring (bicyclic) bond motifs is 4. The van der Waals surface area contributed by atoms with Gasteiger partial charge in [0, 0.05) is 54.1 Å². The van der Waals surface area contributed by atoms with Crippen LogP contribution in [0.1, 0.15) is 81.9 Å². The van der Waals surface area contributed by atoms with E-state index >= 15 is 0 Å². The number of amides is 2. The summed E-state index contributed by atoms with van der Waals surface area (Å²) >= 11 is 14.2. The minimum absolute atomic E-state index is 0.0534. The number of anilines is 2. The maximum absolute atomic E-state index is 13.1. The van der Waals surface area contributed by atoms with E-state index in [0.717, 1.165) is 21.0 Å². The number of non-ortho nitro benzene ring substituents is 2. The highest BCUT2D eigenvalue weighted by Crippen LogP contribution is 2.45. The number of carbonyl (C=O) groups excluding carboxylic acids is 5. The van der Waals surface area contributed by atoms with E-state index in [1.807, 2.05) is 17.5 Å². The number of halogens is 1. The van der Waals surface area contributed by atoms with Crippen LogP contribution in [0.25, 0.3) is 14.8 Å². The number of rotatable bonds is 12. The molecule has 0 fully saturated rings. The van der Waals surface area contributed by atoms with Crippen molar-refractivity contribution < 1.29 is 43.3 Å². The Morgan fingerprint density at radius 1 is 0.731 bits per heavy atom. The largest absolute Gasteiger partial charge is 0.465 e. The number of nitro groups is 2. The van der Waals surface area contributed by atoms with E-state index < -0.39 is 9.85 Å². The van der Waals surface area contributed by atoms with Crippen LogP contribution in [0.2, 0.25) is 0 Å². The minimum Gasteiger partial charge on any atom is -0.465 e. The molecule has 0 saturated carbocycles. The summed E-state index contributed by atoms with van der Waals surface area (Å²) in [5, 5.41) is 25.7. The molecule has 7 rings (SSSR count). The predicted molar refractivity (Wildman–Crippen MR) is 269 cm³/mol. The van der Waals surface area contributed by atoms with Crippen molar-refractivity contribution in [3.05, 3.63) is 130 Å². The van der Waals surface area contributed by atoms with Crippen molar-refractivity contribution in [2.75, 3.05) is 61.5 Å². The monoisotopic (exact) mass is 1010 g/mol. The average molecular weight is 1010 g/mol. The third-order valence-electron chi connectivity index (χ3n) is 10.1. The Balaban J connectivity index is 0.000000231. The molecule has 0 aliphatic carbocycles. The lowest BCUT2D eigenvalue weighted by atomic mass is 10.1. The molecule has 21 heteroatoms. The van der Waals surface area contributed by atoms with Crippen molar-refractivity contribution in [2.24, 2.45) is 0 Å². The molecule has 0 bridgehead atoms. The van der Waals surface area contributed by atoms with Gasteiger partial charge in [-0.1, -0.05) is 32.4 Å². The molecular formula is C46H50ClN5O11S4. The van der Waals surface area contributed by atoms with E-state index in [9.17, 15) is 44.2 Å². The minimum atomic E-state index is -0.517. The number of nitro benzene ring substituents is 2. The van der Waals surface area contributed by atoms with E-state index in [2.05, 4.69) is 43.0 Å². The zero-order valence-electron chi connectivity index (χ0n) is 37.4. The number of hydrogen-bond acceptors (Lipinski definition) is 16. The topological polar surface area (TPSA) is 200 Å². The van der Waals surface area contributed by atoms with Crippen molar-refractivity contribution in [1.82, 2.24) is 4.90 Å². The Bertz CT molecular complexity index is 2550. The van der Waals surface area contributed by atoms with Crippen LogP contribution in [0, 0.1) is 20.2 Å². The van der Waals surface area contributed by atoms with E-state index in [4.69, 9.17) is 16.3 Å². The fourth-order valence-corrected chi connectivity index (χ4v) is 10.1. The standard InChI is InChI=1S/C20H16N2O5S2.C16H11ClN2O4S.C6H15N.C4H8O2S/c1-2-27-20(24)16-11-13-7-9-21(15-8-10-28-18(15)17(13)29-16)19(23)12-3-5-14(6-4-12)22(25)26;17-14-11(9-20)5-7-18(13-6-8-24-15(13)14)16(21)10-1-3-12(4-2-10)19(22)23;1-4-7(5-2)6-3;1-2-6-4(5)3-7/h3-6,8,10-11H,2,7,9H2,1H3;1-4,6,8-9H,5,7H2;4-6H2,1-3H3;7H,2-3H2,1H3. The molecule has 0 unspecified atom stereocenters. The van der Waals surface area contributed by atoms with Crippen LogP contribution in [0.5, 0.6) is 0 Å². The van der Waals surface area contributed by atoms with E-state index in [1.54, 1.807) is 35.1 Å². The summed E-state index contributed by atoms with van der Waals surface area (Å²) in [6.45, 7) is 15.2. The summed E-state index contributed by atoms with van der Waals surface area (Å²) in [7, 11) is 0. The fourth-order valence-electron chi connectivity index (χ4n) is 6.61. The van der Waals surface area contributed by atoms with Gasteiger partial charge in [0.15, 0.2) is 0 Å². The average Bonchev–Trinajstić information content (AvgIpc) is 4.09. The number of thiol groups is 1. The SMILES string of the molecule is CCN(CC)CC.CCOC(=O)CS.CCOC(=O)c1cc2c(s1)-c1sccc1N(C(=O)c1ccc([N+](=O)[O-])cc1)CC2.O=CC1=C(Cl)c2sccc2N(C(=O)c2ccc([N+](=O)[O-])cc2)CC1. The van der Waals surface area contributed by atoms with Crippen LogP contribution in [0.4, 0.5) is 22.7 Å². The van der Waals surface area contributed by atoms with Crippen LogP contribution in [-0.4, -0.2) is 96.5 Å². The summed E-state index contributed by atoms with van der Waals surface area (Å²) in [6.07, 6.45) is 1.67. The van der Waals surface area contributed by atoms with Crippen molar-refractivity contribution in [2.45, 2.75) is 47.5 Å². The number of aldehydes is 1. The van der Waals surface area contributed by atoms with Gasteiger partial charge >= 0.3 is 11.9 Å². The number of ether oxygens (including phenoxy) is 2. The van der Waals surface area contributed by atoms with Gasteiger partial charge in [-0.3, -0.25) is 39.4 Å². The summed E-state index contributed by atoms with van der Waals surface area (Å²) < 4.78 is 9.59. The Morgan fingerprint density at radius 2 is 1.21 bits per heavy atom. The summed E-state index contributed by atoms with van der Waals surface area (Å²) in [6, 6.07) is 16.6. The third kappa shape index (κ3) is 14.1. The summed E-state index contributed by atoms with van der Waals surface area (Å²) in [4.78, 5) is 88.7. The van der Waals surface area contributed by atoms with E-state index in [1.165, 1.54) is 102 Å². The van der Waals surface area contributed by atoms with Gasteiger partial charge in [0.1, 0.15) is 11.2 Å². The molecule has 0 radical (unpaired) electrons. The zero-order chi connectivity index (χ0) is 49.2. The molecule has 0 saturated heterocycles. The second-order valence-electron chi connectivity index (χ2n) is 14.0. The number of thiophene rings is 3. The number of hydrogen-bond donors (Lipinski definition) is 1. The fraction of sp³-hybridized carbons (Fsp3) is 0.326. The second kappa shape index (κ2) is 26.5. The quantitative estimate of drug-likeness (QED) is 0.0408. The number of esters is 2. The van der Waals surface area contributed by atoms with Crippen LogP contribution >= 0.6 is 58.2 Å². The summed E-state index contributed by atoms with van der Waals surface area (Å²) in [5.41, 5.74) is 3.50. The first kappa shape index (κ1) is 53.8. The lowest BCUT2D eigenvalue weighted by Crippen LogP contribution is -2.32. The molecule has 2 aliphatic heterocycles. The molecule has 2 aliphatic rings. The Kier molecular flexibility index (Phi) is 21.3. The zero-order valence-corrected chi connectivity index (χ0v) is 41.5. The Labute approximate surface area is 410 Å². The lowest BCUT2D eigenvalue weighted by molar-refractivity contribution is -0.385. The van der Waals surface area contributed by atoms with Gasteiger partial charge in [-0.2, -0.15) is 12.6 Å². The molecule has 16 nitrogen and oxygen atoms in total. The molecule has 0 N–H and O–H groups in total. The molecule has 67 heavy (non-hydrogen) atoms. The first-order chi connectivity index (χ1) is 32.2. The molecule has 3 aromatic heterocycles.